The van der Waals surface area contributed by atoms with E-state index in [1.165, 1.54) is 0 Å². The van der Waals surface area contributed by atoms with Crippen molar-refractivity contribution in [2.24, 2.45) is 5.10 Å². The van der Waals surface area contributed by atoms with Crippen LogP contribution in [0.1, 0.15) is 20.3 Å². The van der Waals surface area contributed by atoms with Crippen LogP contribution in [0.25, 0.3) is 0 Å². The second-order valence-electron chi connectivity index (χ2n) is 2.19. The van der Waals surface area contributed by atoms with E-state index in [9.17, 15) is 0 Å². The van der Waals surface area contributed by atoms with Gasteiger partial charge in [0.2, 0.25) is 4.77 Å². The maximum Gasteiger partial charge on any atom is 0.216 e. The highest BCUT2D eigenvalue weighted by atomic mass is 32.1. The largest absolute Gasteiger partial charge is 0.250 e. The van der Waals surface area contributed by atoms with Crippen LogP contribution in [0.2, 0.25) is 0 Å². The molecule has 1 N–H and O–H groups in total. The number of nitrogens with zero attached hydrogens (tertiary/aromatic N) is 3. The zero-order valence-corrected chi connectivity index (χ0v) is 7.35. The maximum absolute atomic E-state index is 4.89. The lowest BCUT2D eigenvalue weighted by molar-refractivity contribution is 0.848. The van der Waals surface area contributed by atoms with Gasteiger partial charge in [0.1, 0.15) is 6.33 Å². The predicted octanol–water partition coefficient (Wildman–Crippen LogP) is 1.57. The van der Waals surface area contributed by atoms with E-state index in [1.54, 1.807) is 11.0 Å². The number of hydrogen-bond acceptors (Lipinski definition) is 3. The first-order valence-electron chi connectivity index (χ1n) is 3.40. The lowest BCUT2D eigenvalue weighted by Gasteiger charge is -1.93. The van der Waals surface area contributed by atoms with Gasteiger partial charge < -0.3 is 0 Å². The topological polar surface area (TPSA) is 46.0 Å². The van der Waals surface area contributed by atoms with Crippen LogP contribution in [-0.2, 0) is 0 Å². The molecule has 0 aliphatic carbocycles. The Morgan fingerprint density at radius 1 is 1.91 bits per heavy atom. The highest BCUT2D eigenvalue weighted by Crippen LogP contribution is 1.90. The van der Waals surface area contributed by atoms with Gasteiger partial charge in [-0.2, -0.15) is 14.9 Å². The molecule has 0 aliphatic heterocycles. The molecule has 0 atom stereocenters. The fourth-order valence-corrected chi connectivity index (χ4v) is 0.709. The predicted molar refractivity (Wildman–Crippen MR) is 46.2 cm³/mol. The van der Waals surface area contributed by atoms with Crippen LogP contribution in [0.5, 0.6) is 0 Å². The average molecular weight is 170 g/mol. The summed E-state index contributed by atoms with van der Waals surface area (Å²) in [5, 5.41) is 10.5. The molecule has 5 heteroatoms. The molecule has 0 radical (unpaired) electrons. The molecule has 0 aliphatic rings. The summed E-state index contributed by atoms with van der Waals surface area (Å²) in [6.45, 7) is 4.00. The molecule has 0 saturated heterocycles. The highest BCUT2D eigenvalue weighted by Gasteiger charge is 1.90. The summed E-state index contributed by atoms with van der Waals surface area (Å²) < 4.78 is 2.08. The Morgan fingerprint density at radius 2 is 2.64 bits per heavy atom. The molecule has 1 aromatic rings. The molecular weight excluding hydrogens is 160 g/mol. The molecule has 0 aromatic carbocycles. The number of H-pyrrole nitrogens is 1. The van der Waals surface area contributed by atoms with Crippen molar-refractivity contribution in [3.05, 3.63) is 11.1 Å². The molecule has 0 saturated carbocycles. The van der Waals surface area contributed by atoms with E-state index in [1.807, 2.05) is 13.8 Å². The van der Waals surface area contributed by atoms with Crippen LogP contribution >= 0.6 is 12.2 Å². The molecule has 0 spiro atoms. The SMILES string of the molecule is CCC(C)=Nn1cn[nH]c1=S. The second kappa shape index (κ2) is 3.43. The molecule has 0 unspecified atom stereocenters. The van der Waals surface area contributed by atoms with E-state index in [2.05, 4.69) is 15.3 Å². The van der Waals surface area contributed by atoms with Gasteiger partial charge in [0.25, 0.3) is 0 Å². The van der Waals surface area contributed by atoms with Gasteiger partial charge >= 0.3 is 0 Å². The number of nitrogens with one attached hydrogen (secondary N) is 1. The molecule has 0 fully saturated rings. The third-order valence-electron chi connectivity index (χ3n) is 1.33. The first-order valence-corrected chi connectivity index (χ1v) is 3.81. The van der Waals surface area contributed by atoms with E-state index in [4.69, 9.17) is 12.2 Å². The molecule has 1 aromatic heterocycles. The summed E-state index contributed by atoms with van der Waals surface area (Å²) >= 11 is 4.89. The van der Waals surface area contributed by atoms with E-state index >= 15 is 0 Å². The van der Waals surface area contributed by atoms with Crippen LogP contribution in [0.15, 0.2) is 11.4 Å². The minimum atomic E-state index is 0.526. The second-order valence-corrected chi connectivity index (χ2v) is 2.58. The summed E-state index contributed by atoms with van der Waals surface area (Å²) in [5.41, 5.74) is 1.03. The van der Waals surface area contributed by atoms with E-state index in [0.29, 0.717) is 4.77 Å². The van der Waals surface area contributed by atoms with E-state index in [0.717, 1.165) is 12.1 Å². The Hall–Kier alpha value is -0.970. The minimum absolute atomic E-state index is 0.526. The number of hydrogen-bond donors (Lipinski definition) is 1. The van der Waals surface area contributed by atoms with Crippen LogP contribution in [0.3, 0.4) is 0 Å². The Kier molecular flexibility index (Phi) is 2.53. The van der Waals surface area contributed by atoms with Crippen LogP contribution in [0.4, 0.5) is 0 Å². The summed E-state index contributed by atoms with van der Waals surface area (Å²) in [6, 6.07) is 0. The Labute approximate surface area is 69.9 Å². The quantitative estimate of drug-likeness (QED) is 0.541. The molecular formula is C6H10N4S. The number of aromatic nitrogens is 3. The smallest absolute Gasteiger partial charge is 0.216 e. The van der Waals surface area contributed by atoms with Crippen molar-refractivity contribution in [1.29, 1.82) is 0 Å². The molecule has 1 rings (SSSR count). The number of rotatable bonds is 2. The third-order valence-corrected chi connectivity index (χ3v) is 1.60. The zero-order chi connectivity index (χ0) is 8.27. The fourth-order valence-electron chi connectivity index (χ4n) is 0.568. The van der Waals surface area contributed by atoms with Crippen molar-refractivity contribution in [1.82, 2.24) is 14.9 Å². The monoisotopic (exact) mass is 170 g/mol. The fraction of sp³-hybridized carbons (Fsp3) is 0.500. The molecule has 1 heterocycles. The van der Waals surface area contributed by atoms with Gasteiger partial charge in [0.15, 0.2) is 0 Å². The molecule has 4 nitrogen and oxygen atoms in total. The van der Waals surface area contributed by atoms with E-state index in [-0.39, 0.29) is 0 Å². The summed E-state index contributed by atoms with van der Waals surface area (Å²) in [5.74, 6) is 0. The van der Waals surface area contributed by atoms with Crippen molar-refractivity contribution in [3.8, 4) is 0 Å². The average Bonchev–Trinajstić information content (AvgIpc) is 2.37. The van der Waals surface area contributed by atoms with Crippen molar-refractivity contribution in [2.75, 3.05) is 0 Å². The molecule has 0 amide bonds. The first-order chi connectivity index (χ1) is 5.24. The molecule has 60 valence electrons. The number of aromatic amines is 1. The maximum atomic E-state index is 4.89. The van der Waals surface area contributed by atoms with Crippen LogP contribution in [0, 0.1) is 4.77 Å². The third kappa shape index (κ3) is 1.98. The van der Waals surface area contributed by atoms with Crippen molar-refractivity contribution in [2.45, 2.75) is 20.3 Å². The normalized spacial score (nSPS) is 12.0. The Bertz CT molecular complexity index is 308. The summed E-state index contributed by atoms with van der Waals surface area (Å²) in [6.07, 6.45) is 2.48. The van der Waals surface area contributed by atoms with Gasteiger partial charge in [-0.15, -0.1) is 0 Å². The highest BCUT2D eigenvalue weighted by molar-refractivity contribution is 7.71. The van der Waals surface area contributed by atoms with Gasteiger partial charge in [-0.05, 0) is 25.6 Å². The zero-order valence-electron chi connectivity index (χ0n) is 6.53. The molecule has 11 heavy (non-hydrogen) atoms. The van der Waals surface area contributed by atoms with E-state index < -0.39 is 0 Å². The Morgan fingerprint density at radius 3 is 3.09 bits per heavy atom. The van der Waals surface area contributed by atoms with Gasteiger partial charge in [-0.1, -0.05) is 6.92 Å². The van der Waals surface area contributed by atoms with Crippen molar-refractivity contribution in [3.63, 3.8) is 0 Å². The van der Waals surface area contributed by atoms with Crippen LogP contribution in [-0.4, -0.2) is 20.6 Å². The minimum Gasteiger partial charge on any atom is -0.250 e. The van der Waals surface area contributed by atoms with Gasteiger partial charge in [-0.3, -0.25) is 5.10 Å². The standard InChI is InChI=1S/C6H10N4S/c1-3-5(2)9-10-4-7-8-6(10)11/h4H,3H2,1-2H3,(H,8,11). The summed E-state index contributed by atoms with van der Waals surface area (Å²) in [4.78, 5) is 0. The van der Waals surface area contributed by atoms with Gasteiger partial charge in [-0.25, -0.2) is 0 Å². The van der Waals surface area contributed by atoms with Gasteiger partial charge in [0, 0.05) is 5.71 Å². The summed E-state index contributed by atoms with van der Waals surface area (Å²) in [7, 11) is 0. The van der Waals surface area contributed by atoms with Crippen LogP contribution < -0.4 is 0 Å². The Balaban J connectivity index is 2.95. The lowest BCUT2D eigenvalue weighted by atomic mass is 10.3. The molecule has 0 bridgehead atoms. The first kappa shape index (κ1) is 8.13. The van der Waals surface area contributed by atoms with Gasteiger partial charge in [0.05, 0.1) is 0 Å². The lowest BCUT2D eigenvalue weighted by Crippen LogP contribution is -1.94. The van der Waals surface area contributed by atoms with Crippen molar-refractivity contribution < 1.29 is 0 Å². The van der Waals surface area contributed by atoms with Crippen molar-refractivity contribution >= 4 is 17.9 Å².